The van der Waals surface area contributed by atoms with E-state index in [-0.39, 0.29) is 6.09 Å². The number of ether oxygens (including phenoxy) is 2. The summed E-state index contributed by atoms with van der Waals surface area (Å²) in [6.07, 6.45) is 2.26. The van der Waals surface area contributed by atoms with Crippen LogP contribution in [0.3, 0.4) is 0 Å². The average Bonchev–Trinajstić information content (AvgIpc) is 2.57. The lowest BCUT2D eigenvalue weighted by Gasteiger charge is -1.80. The van der Waals surface area contributed by atoms with E-state index in [9.17, 15) is 4.79 Å². The molecule has 1 amide bonds. The van der Waals surface area contributed by atoms with Crippen molar-refractivity contribution in [2.24, 2.45) is 0 Å². The first kappa shape index (κ1) is 8.33. The Hall–Kier alpha value is -0.770. The van der Waals surface area contributed by atoms with Gasteiger partial charge < -0.3 is 14.8 Å². The van der Waals surface area contributed by atoms with Gasteiger partial charge in [0.25, 0.3) is 0 Å². The maximum atomic E-state index is 9.91. The molecule has 2 aliphatic heterocycles. The van der Waals surface area contributed by atoms with E-state index >= 15 is 0 Å². The molecule has 0 radical (unpaired) electrons. The summed E-state index contributed by atoms with van der Waals surface area (Å²) >= 11 is 0. The highest BCUT2D eigenvalue weighted by Gasteiger charge is 2.06. The molecule has 0 aliphatic carbocycles. The summed E-state index contributed by atoms with van der Waals surface area (Å²) in [5, 5.41) is 2.46. The van der Waals surface area contributed by atoms with Gasteiger partial charge in [0.05, 0.1) is 6.54 Å². The van der Waals surface area contributed by atoms with E-state index in [1.165, 1.54) is 12.8 Å². The van der Waals surface area contributed by atoms with Gasteiger partial charge in [0, 0.05) is 13.2 Å². The molecule has 0 aromatic carbocycles. The molecule has 0 spiro atoms. The molecule has 0 aromatic rings. The van der Waals surface area contributed by atoms with Gasteiger partial charge in [-0.1, -0.05) is 0 Å². The van der Waals surface area contributed by atoms with Gasteiger partial charge in [-0.2, -0.15) is 0 Å². The molecule has 2 fully saturated rings. The highest BCUT2D eigenvalue weighted by molar-refractivity contribution is 5.68. The number of amides is 1. The molecule has 2 saturated heterocycles. The van der Waals surface area contributed by atoms with Gasteiger partial charge in [0.2, 0.25) is 0 Å². The van der Waals surface area contributed by atoms with Crippen molar-refractivity contribution in [2.45, 2.75) is 12.8 Å². The van der Waals surface area contributed by atoms with Crippen molar-refractivity contribution in [3.05, 3.63) is 0 Å². The summed E-state index contributed by atoms with van der Waals surface area (Å²) in [5.41, 5.74) is 0. The first-order chi connectivity index (χ1) is 5.39. The molecule has 0 bridgehead atoms. The van der Waals surface area contributed by atoms with Crippen LogP contribution in [0.15, 0.2) is 0 Å². The number of alkyl carbamates (subject to hydrolysis) is 1. The second-order valence-electron chi connectivity index (χ2n) is 2.38. The normalized spacial score (nSPS) is 21.6. The van der Waals surface area contributed by atoms with E-state index in [0.29, 0.717) is 13.2 Å². The Bertz CT molecular complexity index is 107. The molecule has 0 aromatic heterocycles. The third-order valence-electron chi connectivity index (χ3n) is 1.43. The number of nitrogens with one attached hydrogen (secondary N) is 1. The lowest BCUT2D eigenvalue weighted by atomic mass is 10.4. The van der Waals surface area contributed by atoms with E-state index in [0.717, 1.165) is 13.2 Å². The van der Waals surface area contributed by atoms with E-state index in [4.69, 9.17) is 4.74 Å². The van der Waals surface area contributed by atoms with Crippen LogP contribution in [-0.2, 0) is 9.47 Å². The zero-order valence-corrected chi connectivity index (χ0v) is 6.47. The number of hydrogen-bond donors (Lipinski definition) is 1. The Balaban J connectivity index is 0.000000112. The minimum atomic E-state index is -0.296. The quantitative estimate of drug-likeness (QED) is 0.560. The first-order valence-electron chi connectivity index (χ1n) is 3.88. The Kier molecular flexibility index (Phi) is 3.75. The van der Waals surface area contributed by atoms with Crippen LogP contribution in [0.5, 0.6) is 0 Å². The van der Waals surface area contributed by atoms with Crippen molar-refractivity contribution in [2.75, 3.05) is 26.4 Å². The summed E-state index contributed by atoms with van der Waals surface area (Å²) in [7, 11) is 0. The molecule has 4 nitrogen and oxygen atoms in total. The van der Waals surface area contributed by atoms with E-state index in [1.807, 2.05) is 0 Å². The first-order valence-corrected chi connectivity index (χ1v) is 3.88. The summed E-state index contributed by atoms with van der Waals surface area (Å²) in [5.74, 6) is 0. The molecule has 2 heterocycles. The maximum absolute atomic E-state index is 9.91. The molecule has 2 rings (SSSR count). The van der Waals surface area contributed by atoms with Crippen LogP contribution in [0, 0.1) is 0 Å². The van der Waals surface area contributed by atoms with Crippen LogP contribution >= 0.6 is 0 Å². The largest absolute Gasteiger partial charge is 0.448 e. The van der Waals surface area contributed by atoms with Crippen molar-refractivity contribution in [3.8, 4) is 0 Å². The van der Waals surface area contributed by atoms with Crippen LogP contribution in [-0.4, -0.2) is 32.5 Å². The Morgan fingerprint density at radius 3 is 2.09 bits per heavy atom. The SMILES string of the molecule is C1CCOC1.O=C1NCCO1. The fraction of sp³-hybridized carbons (Fsp3) is 0.857. The summed E-state index contributed by atoms with van der Waals surface area (Å²) in [6.45, 7) is 3.19. The van der Waals surface area contributed by atoms with Crippen LogP contribution < -0.4 is 5.32 Å². The second kappa shape index (κ2) is 4.96. The van der Waals surface area contributed by atoms with Gasteiger partial charge in [-0.3, -0.25) is 0 Å². The van der Waals surface area contributed by atoms with Gasteiger partial charge in [-0.25, -0.2) is 4.79 Å². The third-order valence-corrected chi connectivity index (χ3v) is 1.43. The minimum absolute atomic E-state index is 0.296. The zero-order valence-electron chi connectivity index (χ0n) is 6.47. The fourth-order valence-corrected chi connectivity index (χ4v) is 0.858. The van der Waals surface area contributed by atoms with Crippen molar-refractivity contribution in [1.82, 2.24) is 5.32 Å². The third kappa shape index (κ3) is 3.83. The van der Waals surface area contributed by atoms with Crippen molar-refractivity contribution < 1.29 is 14.3 Å². The molecule has 4 heteroatoms. The predicted octanol–water partition coefficient (Wildman–Crippen LogP) is 0.523. The lowest BCUT2D eigenvalue weighted by Crippen LogP contribution is -2.11. The van der Waals surface area contributed by atoms with E-state index < -0.39 is 0 Å². The Morgan fingerprint density at radius 1 is 1.18 bits per heavy atom. The number of hydrogen-bond acceptors (Lipinski definition) is 3. The smallest absolute Gasteiger partial charge is 0.407 e. The predicted molar refractivity (Wildman–Crippen MR) is 39.4 cm³/mol. The van der Waals surface area contributed by atoms with Crippen LogP contribution in [0.1, 0.15) is 12.8 Å². The summed E-state index contributed by atoms with van der Waals surface area (Å²) in [4.78, 5) is 9.91. The van der Waals surface area contributed by atoms with Crippen LogP contribution in [0.2, 0.25) is 0 Å². The van der Waals surface area contributed by atoms with Gasteiger partial charge in [0.15, 0.2) is 0 Å². The molecule has 0 unspecified atom stereocenters. The molecule has 1 N–H and O–H groups in total. The van der Waals surface area contributed by atoms with Gasteiger partial charge >= 0.3 is 6.09 Å². The number of carbonyl (C=O) groups excluding carboxylic acids is 1. The highest BCUT2D eigenvalue weighted by Crippen LogP contribution is 1.98. The van der Waals surface area contributed by atoms with E-state index in [1.54, 1.807) is 0 Å². The van der Waals surface area contributed by atoms with Gasteiger partial charge in [0.1, 0.15) is 6.61 Å². The molecular formula is C7H13NO3. The average molecular weight is 159 g/mol. The molecule has 2 aliphatic rings. The zero-order chi connectivity index (χ0) is 7.94. The molecular weight excluding hydrogens is 146 g/mol. The Labute approximate surface area is 65.9 Å². The van der Waals surface area contributed by atoms with Crippen LogP contribution in [0.25, 0.3) is 0 Å². The lowest BCUT2D eigenvalue weighted by molar-refractivity contribution is 0.178. The highest BCUT2D eigenvalue weighted by atomic mass is 16.6. The molecule has 0 atom stereocenters. The number of carbonyl (C=O) groups is 1. The molecule has 64 valence electrons. The van der Waals surface area contributed by atoms with Crippen molar-refractivity contribution in [1.29, 1.82) is 0 Å². The fourth-order valence-electron chi connectivity index (χ4n) is 0.858. The topological polar surface area (TPSA) is 47.6 Å². The number of cyclic esters (lactones) is 1. The van der Waals surface area contributed by atoms with Crippen molar-refractivity contribution in [3.63, 3.8) is 0 Å². The van der Waals surface area contributed by atoms with Crippen molar-refractivity contribution >= 4 is 6.09 Å². The minimum Gasteiger partial charge on any atom is -0.448 e. The van der Waals surface area contributed by atoms with Gasteiger partial charge in [-0.05, 0) is 12.8 Å². The molecule has 11 heavy (non-hydrogen) atoms. The maximum Gasteiger partial charge on any atom is 0.407 e. The number of rotatable bonds is 0. The summed E-state index contributed by atoms with van der Waals surface area (Å²) < 4.78 is 9.35. The second-order valence-corrected chi connectivity index (χ2v) is 2.38. The van der Waals surface area contributed by atoms with E-state index in [2.05, 4.69) is 10.1 Å². The monoisotopic (exact) mass is 159 g/mol. The Morgan fingerprint density at radius 2 is 1.91 bits per heavy atom. The van der Waals surface area contributed by atoms with Gasteiger partial charge in [-0.15, -0.1) is 0 Å². The standard InChI is InChI=1S/C4H8O.C3H5NO2/c1-2-4-5-3-1;5-3-4-1-2-6-3/h1-4H2;1-2H2,(H,4,5). The summed E-state index contributed by atoms with van der Waals surface area (Å²) in [6, 6.07) is 0. The van der Waals surface area contributed by atoms with Crippen LogP contribution in [0.4, 0.5) is 4.79 Å². The molecule has 0 saturated carbocycles.